The van der Waals surface area contributed by atoms with Crippen molar-refractivity contribution >= 4 is 22.4 Å². The minimum atomic E-state index is -0.368. The second kappa shape index (κ2) is 7.15. The van der Waals surface area contributed by atoms with Gasteiger partial charge in [-0.15, -0.1) is 0 Å². The van der Waals surface area contributed by atoms with E-state index in [-0.39, 0.29) is 16.7 Å². The zero-order chi connectivity index (χ0) is 19.7. The first-order valence-electron chi connectivity index (χ1n) is 9.03. The third-order valence-corrected chi connectivity index (χ3v) is 4.85. The minimum absolute atomic E-state index is 0.0685. The minimum Gasteiger partial charge on any atom is -0.359 e. The molecule has 0 aliphatic rings. The molecule has 0 saturated carbocycles. The lowest BCUT2D eigenvalue weighted by Crippen LogP contribution is -2.14. The van der Waals surface area contributed by atoms with Gasteiger partial charge in [0.1, 0.15) is 5.82 Å². The second-order valence-electron chi connectivity index (χ2n) is 6.86. The van der Waals surface area contributed by atoms with Crippen LogP contribution in [0.3, 0.4) is 0 Å². The molecule has 0 bridgehead atoms. The second-order valence-corrected chi connectivity index (χ2v) is 6.86. The van der Waals surface area contributed by atoms with Crippen molar-refractivity contribution in [2.75, 3.05) is 5.32 Å². The molecule has 2 N–H and O–H groups in total. The van der Waals surface area contributed by atoms with E-state index in [1.807, 2.05) is 50.2 Å². The van der Waals surface area contributed by atoms with E-state index in [1.165, 1.54) is 6.07 Å². The predicted molar refractivity (Wildman–Crippen MR) is 111 cm³/mol. The molecule has 6 heteroatoms. The van der Waals surface area contributed by atoms with Gasteiger partial charge in [0, 0.05) is 40.5 Å². The Bertz CT molecular complexity index is 1170. The molecule has 2 heterocycles. The van der Waals surface area contributed by atoms with Gasteiger partial charge in [-0.05, 0) is 43.2 Å². The van der Waals surface area contributed by atoms with Gasteiger partial charge in [0.2, 0.25) is 0 Å². The lowest BCUT2D eigenvalue weighted by atomic mass is 9.95. The van der Waals surface area contributed by atoms with Crippen molar-refractivity contribution in [3.63, 3.8) is 0 Å². The fourth-order valence-corrected chi connectivity index (χ4v) is 3.57. The first-order valence-corrected chi connectivity index (χ1v) is 9.03. The van der Waals surface area contributed by atoms with Crippen LogP contribution in [0.5, 0.6) is 0 Å². The molecule has 6 nitrogen and oxygen atoms in total. The molecule has 0 spiro atoms. The van der Waals surface area contributed by atoms with Gasteiger partial charge in [0.25, 0.3) is 5.69 Å². The van der Waals surface area contributed by atoms with Gasteiger partial charge in [-0.25, -0.2) is 4.98 Å². The SMILES string of the molecule is Cc1ccnc(NC(c2cccc([N+](=O)[O-])c2)c2c(C)[nH]c3ccccc23)c1. The van der Waals surface area contributed by atoms with Gasteiger partial charge in [-0.2, -0.15) is 0 Å². The number of hydrogen-bond donors (Lipinski definition) is 2. The quantitative estimate of drug-likeness (QED) is 0.368. The number of nitro groups is 1. The molecule has 0 aliphatic heterocycles. The molecular weight excluding hydrogens is 352 g/mol. The monoisotopic (exact) mass is 372 g/mol. The van der Waals surface area contributed by atoms with Gasteiger partial charge in [0.15, 0.2) is 0 Å². The highest BCUT2D eigenvalue weighted by atomic mass is 16.6. The van der Waals surface area contributed by atoms with Crippen LogP contribution in [-0.2, 0) is 0 Å². The van der Waals surface area contributed by atoms with Gasteiger partial charge >= 0.3 is 0 Å². The Kier molecular flexibility index (Phi) is 4.53. The average Bonchev–Trinajstić information content (AvgIpc) is 3.02. The van der Waals surface area contributed by atoms with Crippen LogP contribution in [0.2, 0.25) is 0 Å². The van der Waals surface area contributed by atoms with Crippen LogP contribution < -0.4 is 5.32 Å². The number of hydrogen-bond acceptors (Lipinski definition) is 4. The van der Waals surface area contributed by atoms with E-state index in [0.29, 0.717) is 0 Å². The third-order valence-electron chi connectivity index (χ3n) is 4.85. The molecule has 0 fully saturated rings. The highest BCUT2D eigenvalue weighted by Gasteiger charge is 2.23. The number of aromatic nitrogens is 2. The van der Waals surface area contributed by atoms with Crippen LogP contribution in [0.25, 0.3) is 10.9 Å². The van der Waals surface area contributed by atoms with E-state index in [9.17, 15) is 10.1 Å². The fraction of sp³-hybridized carbons (Fsp3) is 0.136. The van der Waals surface area contributed by atoms with E-state index < -0.39 is 0 Å². The van der Waals surface area contributed by atoms with Gasteiger partial charge in [-0.3, -0.25) is 10.1 Å². The number of nitrogens with zero attached hydrogens (tertiary/aromatic N) is 2. The number of para-hydroxylation sites is 1. The number of non-ortho nitro benzene ring substituents is 1. The largest absolute Gasteiger partial charge is 0.359 e. The summed E-state index contributed by atoms with van der Waals surface area (Å²) in [5, 5.41) is 15.9. The van der Waals surface area contributed by atoms with Gasteiger partial charge < -0.3 is 10.3 Å². The summed E-state index contributed by atoms with van der Waals surface area (Å²) in [5.74, 6) is 0.723. The molecule has 140 valence electrons. The number of rotatable bonds is 5. The number of aryl methyl sites for hydroxylation is 2. The molecule has 2 aromatic heterocycles. The molecule has 0 saturated heterocycles. The molecule has 4 aromatic rings. The van der Waals surface area contributed by atoms with Crippen molar-refractivity contribution in [3.05, 3.63) is 99.4 Å². The third kappa shape index (κ3) is 3.32. The lowest BCUT2D eigenvalue weighted by Gasteiger charge is -2.21. The number of H-pyrrole nitrogens is 1. The topological polar surface area (TPSA) is 83.8 Å². The van der Waals surface area contributed by atoms with Crippen molar-refractivity contribution in [1.29, 1.82) is 0 Å². The van der Waals surface area contributed by atoms with Crippen LogP contribution in [0.1, 0.15) is 28.4 Å². The standard InChI is InChI=1S/C22H20N4O2/c1-14-10-11-23-20(12-14)25-22(16-6-5-7-17(13-16)26(27)28)21-15(2)24-19-9-4-3-8-18(19)21/h3-13,22,24H,1-2H3,(H,23,25). The summed E-state index contributed by atoms with van der Waals surface area (Å²) in [4.78, 5) is 18.8. The summed E-state index contributed by atoms with van der Waals surface area (Å²) in [6.07, 6.45) is 1.75. The maximum absolute atomic E-state index is 11.3. The smallest absolute Gasteiger partial charge is 0.269 e. The zero-order valence-electron chi connectivity index (χ0n) is 15.6. The summed E-state index contributed by atoms with van der Waals surface area (Å²) in [6.45, 7) is 4.03. The van der Waals surface area contributed by atoms with E-state index in [2.05, 4.69) is 21.4 Å². The fourth-order valence-electron chi connectivity index (χ4n) is 3.57. The Balaban J connectivity index is 1.89. The Morgan fingerprint density at radius 3 is 2.68 bits per heavy atom. The highest BCUT2D eigenvalue weighted by molar-refractivity contribution is 5.86. The van der Waals surface area contributed by atoms with E-state index in [4.69, 9.17) is 0 Å². The van der Waals surface area contributed by atoms with Crippen molar-refractivity contribution in [2.45, 2.75) is 19.9 Å². The summed E-state index contributed by atoms with van der Waals surface area (Å²) < 4.78 is 0. The van der Waals surface area contributed by atoms with Crippen LogP contribution in [0, 0.1) is 24.0 Å². The summed E-state index contributed by atoms with van der Waals surface area (Å²) in [7, 11) is 0. The number of fused-ring (bicyclic) bond motifs is 1. The number of aromatic amines is 1. The van der Waals surface area contributed by atoms with E-state index >= 15 is 0 Å². The van der Waals surface area contributed by atoms with Crippen LogP contribution in [0.15, 0.2) is 66.9 Å². The van der Waals surface area contributed by atoms with Gasteiger partial charge in [0.05, 0.1) is 11.0 Å². The summed E-state index contributed by atoms with van der Waals surface area (Å²) in [5.41, 5.74) is 5.07. The predicted octanol–water partition coefficient (Wildman–Crippen LogP) is 5.29. The highest BCUT2D eigenvalue weighted by Crippen LogP contribution is 2.35. The molecule has 0 radical (unpaired) electrons. The summed E-state index contributed by atoms with van der Waals surface area (Å²) >= 11 is 0. The van der Waals surface area contributed by atoms with Gasteiger partial charge in [-0.1, -0.05) is 30.3 Å². The molecule has 1 unspecified atom stereocenters. The lowest BCUT2D eigenvalue weighted by molar-refractivity contribution is -0.384. The first-order chi connectivity index (χ1) is 13.5. The Morgan fingerprint density at radius 2 is 1.89 bits per heavy atom. The molecule has 0 amide bonds. The van der Waals surface area contributed by atoms with Crippen LogP contribution in [-0.4, -0.2) is 14.9 Å². The van der Waals surface area contributed by atoms with Crippen molar-refractivity contribution in [1.82, 2.24) is 9.97 Å². The average molecular weight is 372 g/mol. The van der Waals surface area contributed by atoms with E-state index in [1.54, 1.807) is 18.3 Å². The normalized spacial score (nSPS) is 12.1. The zero-order valence-corrected chi connectivity index (χ0v) is 15.6. The number of nitrogens with one attached hydrogen (secondary N) is 2. The van der Waals surface area contributed by atoms with Crippen LogP contribution in [0.4, 0.5) is 11.5 Å². The molecular formula is C22H20N4O2. The maximum atomic E-state index is 11.3. The Labute approximate surface area is 162 Å². The maximum Gasteiger partial charge on any atom is 0.269 e. The van der Waals surface area contributed by atoms with Crippen LogP contribution >= 0.6 is 0 Å². The number of nitro benzene ring substituents is 1. The van der Waals surface area contributed by atoms with Crippen molar-refractivity contribution < 1.29 is 4.92 Å². The molecule has 0 aliphatic carbocycles. The molecule has 4 rings (SSSR count). The number of benzene rings is 2. The molecule has 1 atom stereocenters. The Morgan fingerprint density at radius 1 is 1.07 bits per heavy atom. The molecule has 28 heavy (non-hydrogen) atoms. The molecule has 2 aromatic carbocycles. The number of anilines is 1. The van der Waals surface area contributed by atoms with E-state index in [0.717, 1.165) is 39.1 Å². The van der Waals surface area contributed by atoms with Crippen molar-refractivity contribution in [2.24, 2.45) is 0 Å². The Hall–Kier alpha value is -3.67. The summed E-state index contributed by atoms with van der Waals surface area (Å²) in [6, 6.07) is 18.4. The van der Waals surface area contributed by atoms with Crippen molar-refractivity contribution in [3.8, 4) is 0 Å². The number of pyridine rings is 1. The first kappa shape index (κ1) is 17.7.